The molecular weight excluding hydrogens is 276 g/mol. The molecule has 4 heteroatoms. The average Bonchev–Trinajstić information content (AvgIpc) is 2.86. The molecule has 0 bridgehead atoms. The van der Waals surface area contributed by atoms with Crippen LogP contribution in [0, 0.1) is 0 Å². The van der Waals surface area contributed by atoms with Crippen LogP contribution in [0.4, 0.5) is 5.69 Å². The third-order valence-electron chi connectivity index (χ3n) is 4.18. The van der Waals surface area contributed by atoms with Crippen molar-refractivity contribution in [3.05, 3.63) is 59.7 Å². The lowest BCUT2D eigenvalue weighted by atomic mass is 9.96. The third-order valence-corrected chi connectivity index (χ3v) is 4.18. The van der Waals surface area contributed by atoms with Crippen molar-refractivity contribution in [1.29, 1.82) is 0 Å². The number of ketones is 1. The van der Waals surface area contributed by atoms with Crippen molar-refractivity contribution in [1.82, 2.24) is 0 Å². The number of methoxy groups -OCH3 is 1. The number of rotatable bonds is 2. The van der Waals surface area contributed by atoms with Gasteiger partial charge in [0.05, 0.1) is 18.4 Å². The van der Waals surface area contributed by atoms with Crippen LogP contribution >= 0.6 is 0 Å². The number of carbonyl (C=O) groups is 1. The van der Waals surface area contributed by atoms with Crippen molar-refractivity contribution in [3.8, 4) is 16.9 Å². The van der Waals surface area contributed by atoms with Gasteiger partial charge in [-0.05, 0) is 5.56 Å². The summed E-state index contributed by atoms with van der Waals surface area (Å²) < 4.78 is 5.65. The first-order valence-electron chi connectivity index (χ1n) is 7.01. The largest absolute Gasteiger partial charge is 0.495 e. The topological polar surface area (TPSA) is 64.3 Å². The van der Waals surface area contributed by atoms with Crippen LogP contribution in [-0.4, -0.2) is 12.9 Å². The molecule has 108 valence electrons. The molecule has 0 spiro atoms. The number of nitrogen functional groups attached to an aromatic ring is 1. The monoisotopic (exact) mass is 290 g/mol. The molecule has 0 aliphatic heterocycles. The van der Waals surface area contributed by atoms with Gasteiger partial charge < -0.3 is 10.2 Å². The number of benzene rings is 3. The van der Waals surface area contributed by atoms with E-state index in [9.17, 15) is 4.79 Å². The van der Waals surface area contributed by atoms with E-state index in [-0.39, 0.29) is 5.78 Å². The summed E-state index contributed by atoms with van der Waals surface area (Å²) in [6.45, 7) is 0. The highest BCUT2D eigenvalue weighted by molar-refractivity contribution is 6.29. The molecule has 0 aromatic heterocycles. The maximum absolute atomic E-state index is 12.8. The summed E-state index contributed by atoms with van der Waals surface area (Å²) >= 11 is 0. The number of hydrogen-bond acceptors (Lipinski definition) is 4. The molecule has 0 saturated heterocycles. The maximum atomic E-state index is 12.8. The smallest absolute Gasteiger partial charge is 0.196 e. The van der Waals surface area contributed by atoms with Gasteiger partial charge in [0.1, 0.15) is 5.75 Å². The number of nitrogens with two attached hydrogens (primary N) is 1. The van der Waals surface area contributed by atoms with E-state index in [2.05, 4.69) is 5.43 Å². The zero-order valence-electron chi connectivity index (χ0n) is 12.0. The van der Waals surface area contributed by atoms with Crippen LogP contribution in [0.3, 0.4) is 0 Å². The Morgan fingerprint density at radius 2 is 1.55 bits per heavy atom. The first-order chi connectivity index (χ1) is 10.8. The van der Waals surface area contributed by atoms with Gasteiger partial charge in [-0.15, -0.1) is 0 Å². The molecule has 0 unspecified atom stereocenters. The predicted molar refractivity (Wildman–Crippen MR) is 87.2 cm³/mol. The minimum atomic E-state index is -0.0254. The number of anilines is 1. The highest BCUT2D eigenvalue weighted by atomic mass is 16.5. The zero-order valence-corrected chi connectivity index (χ0v) is 12.0. The molecule has 3 N–H and O–H groups in total. The SMILES string of the molecule is COc1c2c(c(NN)c3ccccc13)C(=O)c1ccccc1-2. The van der Waals surface area contributed by atoms with E-state index < -0.39 is 0 Å². The summed E-state index contributed by atoms with van der Waals surface area (Å²) in [4.78, 5) is 12.8. The van der Waals surface area contributed by atoms with Crippen LogP contribution in [-0.2, 0) is 0 Å². The highest BCUT2D eigenvalue weighted by Gasteiger charge is 2.33. The Labute approximate surface area is 127 Å². The summed E-state index contributed by atoms with van der Waals surface area (Å²) in [5, 5.41) is 1.81. The lowest BCUT2D eigenvalue weighted by Gasteiger charge is -2.16. The van der Waals surface area contributed by atoms with Gasteiger partial charge in [0, 0.05) is 21.9 Å². The van der Waals surface area contributed by atoms with Crippen molar-refractivity contribution in [2.75, 3.05) is 12.5 Å². The Kier molecular flexibility index (Phi) is 2.68. The fourth-order valence-electron chi connectivity index (χ4n) is 3.29. The Hall–Kier alpha value is -2.85. The minimum Gasteiger partial charge on any atom is -0.495 e. The van der Waals surface area contributed by atoms with Gasteiger partial charge in [-0.2, -0.15) is 0 Å². The Balaban J connectivity index is 2.25. The van der Waals surface area contributed by atoms with E-state index in [0.29, 0.717) is 22.6 Å². The van der Waals surface area contributed by atoms with Crippen LogP contribution in [0.25, 0.3) is 21.9 Å². The maximum Gasteiger partial charge on any atom is 0.196 e. The fraction of sp³-hybridized carbons (Fsp3) is 0.0556. The summed E-state index contributed by atoms with van der Waals surface area (Å²) in [5.41, 5.74) is 6.33. The lowest BCUT2D eigenvalue weighted by molar-refractivity contribution is 0.104. The number of ether oxygens (including phenoxy) is 1. The number of carbonyl (C=O) groups excluding carboxylic acids is 1. The van der Waals surface area contributed by atoms with Crippen molar-refractivity contribution >= 4 is 22.2 Å². The van der Waals surface area contributed by atoms with Gasteiger partial charge in [-0.3, -0.25) is 10.6 Å². The van der Waals surface area contributed by atoms with Crippen molar-refractivity contribution in [3.63, 3.8) is 0 Å². The molecule has 1 aliphatic carbocycles. The van der Waals surface area contributed by atoms with E-state index >= 15 is 0 Å². The normalized spacial score (nSPS) is 12.2. The third kappa shape index (κ3) is 1.47. The van der Waals surface area contributed by atoms with E-state index in [1.807, 2.05) is 48.5 Å². The number of hydrazine groups is 1. The summed E-state index contributed by atoms with van der Waals surface area (Å²) in [6.07, 6.45) is 0. The minimum absolute atomic E-state index is 0.0254. The van der Waals surface area contributed by atoms with Gasteiger partial charge in [-0.25, -0.2) is 0 Å². The Morgan fingerprint density at radius 3 is 2.23 bits per heavy atom. The van der Waals surface area contributed by atoms with Gasteiger partial charge in [0.15, 0.2) is 5.78 Å². The van der Waals surface area contributed by atoms with E-state index in [0.717, 1.165) is 21.9 Å². The standard InChI is InChI=1S/C18H14N2O2/c1-22-18-13-9-5-3-7-11(13)16(20-19)15-14(18)10-6-2-4-8-12(10)17(15)21/h2-9,20H,19H2,1H3. The first kappa shape index (κ1) is 12.9. The van der Waals surface area contributed by atoms with Crippen LogP contribution in [0.5, 0.6) is 5.75 Å². The molecule has 3 aromatic rings. The van der Waals surface area contributed by atoms with Crippen molar-refractivity contribution in [2.45, 2.75) is 0 Å². The molecule has 0 radical (unpaired) electrons. The van der Waals surface area contributed by atoms with E-state index in [1.54, 1.807) is 7.11 Å². The molecule has 0 heterocycles. The van der Waals surface area contributed by atoms with E-state index in [4.69, 9.17) is 10.6 Å². The molecule has 0 saturated carbocycles. The van der Waals surface area contributed by atoms with Crippen LogP contribution in [0.15, 0.2) is 48.5 Å². The first-order valence-corrected chi connectivity index (χ1v) is 7.01. The van der Waals surface area contributed by atoms with Crippen LogP contribution < -0.4 is 16.0 Å². The fourth-order valence-corrected chi connectivity index (χ4v) is 3.29. The van der Waals surface area contributed by atoms with Gasteiger partial charge in [-0.1, -0.05) is 48.5 Å². The molecule has 0 amide bonds. The number of fused-ring (bicyclic) bond motifs is 4. The number of nitrogens with one attached hydrogen (secondary N) is 1. The lowest BCUT2D eigenvalue weighted by Crippen LogP contribution is -2.12. The second kappa shape index (κ2) is 4.58. The van der Waals surface area contributed by atoms with Crippen molar-refractivity contribution in [2.24, 2.45) is 5.84 Å². The van der Waals surface area contributed by atoms with Crippen LogP contribution in [0.2, 0.25) is 0 Å². The van der Waals surface area contributed by atoms with Gasteiger partial charge in [0.25, 0.3) is 0 Å². The quantitative estimate of drug-likeness (QED) is 0.439. The van der Waals surface area contributed by atoms with Gasteiger partial charge in [0.2, 0.25) is 0 Å². The summed E-state index contributed by atoms with van der Waals surface area (Å²) in [5.74, 6) is 6.42. The number of hydrogen-bond donors (Lipinski definition) is 2. The second-order valence-corrected chi connectivity index (χ2v) is 5.22. The molecule has 0 fully saturated rings. The molecular formula is C18H14N2O2. The molecule has 0 atom stereocenters. The zero-order chi connectivity index (χ0) is 15.3. The predicted octanol–water partition coefficient (Wildman–Crippen LogP) is 3.35. The molecule has 1 aliphatic rings. The van der Waals surface area contributed by atoms with Gasteiger partial charge >= 0.3 is 0 Å². The average molecular weight is 290 g/mol. The molecule has 3 aromatic carbocycles. The summed E-state index contributed by atoms with van der Waals surface area (Å²) in [7, 11) is 1.63. The molecule has 4 nitrogen and oxygen atoms in total. The highest BCUT2D eigenvalue weighted by Crippen LogP contribution is 2.50. The summed E-state index contributed by atoms with van der Waals surface area (Å²) in [6, 6.07) is 15.3. The Morgan fingerprint density at radius 1 is 0.909 bits per heavy atom. The molecule has 4 rings (SSSR count). The van der Waals surface area contributed by atoms with E-state index in [1.165, 1.54) is 0 Å². The second-order valence-electron chi connectivity index (χ2n) is 5.22. The Bertz CT molecular complexity index is 932. The molecule has 22 heavy (non-hydrogen) atoms. The van der Waals surface area contributed by atoms with Crippen LogP contribution in [0.1, 0.15) is 15.9 Å². The van der Waals surface area contributed by atoms with Crippen molar-refractivity contribution < 1.29 is 9.53 Å².